The van der Waals surface area contributed by atoms with E-state index in [1.807, 2.05) is 30.3 Å². The Hall–Kier alpha value is -3.27. The van der Waals surface area contributed by atoms with Crippen molar-refractivity contribution in [2.75, 3.05) is 5.32 Å². The highest BCUT2D eigenvalue weighted by Gasteiger charge is 2.17. The summed E-state index contributed by atoms with van der Waals surface area (Å²) in [5, 5.41) is 5.38. The Morgan fingerprint density at radius 1 is 0.880 bits per heavy atom. The van der Waals surface area contributed by atoms with Crippen LogP contribution >= 0.6 is 0 Å². The first-order valence-corrected chi connectivity index (χ1v) is 8.36. The molecule has 1 aliphatic carbocycles. The van der Waals surface area contributed by atoms with E-state index in [0.29, 0.717) is 5.69 Å². The summed E-state index contributed by atoms with van der Waals surface area (Å²) < 4.78 is 0. The summed E-state index contributed by atoms with van der Waals surface area (Å²) in [6, 6.07) is 17.9. The van der Waals surface area contributed by atoms with E-state index in [1.165, 1.54) is 22.7 Å². The van der Waals surface area contributed by atoms with Gasteiger partial charge in [0.25, 0.3) is 5.91 Å². The highest BCUT2D eigenvalue weighted by Crippen LogP contribution is 2.35. The number of aryl methyl sites for hydroxylation is 2. The molecule has 0 saturated heterocycles. The van der Waals surface area contributed by atoms with Crippen LogP contribution in [-0.2, 0) is 12.8 Å². The quantitative estimate of drug-likeness (QED) is 0.603. The minimum atomic E-state index is -0.239. The second-order valence-corrected chi connectivity index (χ2v) is 6.31. The summed E-state index contributed by atoms with van der Waals surface area (Å²) in [7, 11) is 0. The Morgan fingerprint density at radius 2 is 1.68 bits per heavy atom. The molecule has 1 amide bonds. The number of anilines is 1. The molecule has 0 saturated carbocycles. The molecule has 4 aromatic rings. The van der Waals surface area contributed by atoms with E-state index in [4.69, 9.17) is 0 Å². The first-order valence-electron chi connectivity index (χ1n) is 8.36. The molecule has 4 nitrogen and oxygen atoms in total. The molecule has 4 heteroatoms. The Labute approximate surface area is 144 Å². The second-order valence-electron chi connectivity index (χ2n) is 6.31. The second kappa shape index (κ2) is 5.38. The molecule has 0 atom stereocenters. The van der Waals surface area contributed by atoms with Crippen LogP contribution in [0.15, 0.2) is 60.8 Å². The van der Waals surface area contributed by atoms with E-state index >= 15 is 0 Å². The van der Waals surface area contributed by atoms with Gasteiger partial charge in [-0.25, -0.2) is 4.98 Å². The maximum Gasteiger partial charge on any atom is 0.275 e. The summed E-state index contributed by atoms with van der Waals surface area (Å²) in [4.78, 5) is 21.4. The lowest BCUT2D eigenvalue weighted by molar-refractivity contribution is 0.102. The zero-order valence-electron chi connectivity index (χ0n) is 13.5. The van der Waals surface area contributed by atoms with Crippen LogP contribution in [0.2, 0.25) is 0 Å². The maximum absolute atomic E-state index is 12.7. The van der Waals surface area contributed by atoms with Crippen LogP contribution in [0, 0.1) is 0 Å². The predicted octanol–water partition coefficient (Wildman–Crippen LogP) is 4.13. The first kappa shape index (κ1) is 14.1. The lowest BCUT2D eigenvalue weighted by atomic mass is 10.0. The number of hydrogen-bond acceptors (Lipinski definition) is 3. The number of para-hydroxylation sites is 2. The van der Waals surface area contributed by atoms with E-state index in [2.05, 4.69) is 39.6 Å². The van der Waals surface area contributed by atoms with Gasteiger partial charge in [0.05, 0.1) is 17.2 Å². The molecule has 0 fully saturated rings. The summed E-state index contributed by atoms with van der Waals surface area (Å²) in [6.45, 7) is 0. The van der Waals surface area contributed by atoms with E-state index in [1.54, 1.807) is 0 Å². The molecule has 0 aliphatic heterocycles. The van der Waals surface area contributed by atoms with Crippen LogP contribution in [0.3, 0.4) is 0 Å². The molecule has 1 N–H and O–H groups in total. The Balaban J connectivity index is 1.55. The zero-order valence-corrected chi connectivity index (χ0v) is 13.5. The number of fused-ring (bicyclic) bond motifs is 1. The molecule has 1 aromatic heterocycles. The smallest absolute Gasteiger partial charge is 0.275 e. The predicted molar refractivity (Wildman–Crippen MR) is 98.8 cm³/mol. The standard InChI is InChI=1S/C21H15N3O/c25-21(19-12-22-17-6-1-2-7-18(17)23-19)24-16-11-10-14-9-8-13-4-3-5-15(16)20(13)14/h1-7,10-12H,8-9H2,(H,24,25). The van der Waals surface area contributed by atoms with Crippen LogP contribution in [0.4, 0.5) is 5.69 Å². The number of nitrogens with one attached hydrogen (secondary N) is 1. The number of nitrogens with zero attached hydrogens (tertiary/aromatic N) is 2. The molecule has 1 aliphatic rings. The molecule has 0 radical (unpaired) electrons. The van der Waals surface area contributed by atoms with E-state index in [9.17, 15) is 4.79 Å². The van der Waals surface area contributed by atoms with Gasteiger partial charge in [0.2, 0.25) is 0 Å². The van der Waals surface area contributed by atoms with Gasteiger partial charge in [0.1, 0.15) is 5.69 Å². The topological polar surface area (TPSA) is 54.9 Å². The Bertz CT molecular complexity index is 1140. The highest BCUT2D eigenvalue weighted by atomic mass is 16.1. The molecule has 0 bridgehead atoms. The fourth-order valence-electron chi connectivity index (χ4n) is 3.61. The van der Waals surface area contributed by atoms with Gasteiger partial charge in [0.15, 0.2) is 0 Å². The van der Waals surface area contributed by atoms with Crippen molar-refractivity contribution in [3.63, 3.8) is 0 Å². The minimum absolute atomic E-state index is 0.239. The summed E-state index contributed by atoms with van der Waals surface area (Å²) in [5.41, 5.74) is 5.35. The van der Waals surface area contributed by atoms with Gasteiger partial charge in [-0.3, -0.25) is 9.78 Å². The number of carbonyl (C=O) groups is 1. The largest absolute Gasteiger partial charge is 0.320 e. The summed E-state index contributed by atoms with van der Waals surface area (Å²) in [6.07, 6.45) is 3.66. The van der Waals surface area contributed by atoms with Gasteiger partial charge < -0.3 is 5.32 Å². The molecule has 3 aromatic carbocycles. The third-order valence-electron chi connectivity index (χ3n) is 4.81. The normalized spacial score (nSPS) is 12.6. The van der Waals surface area contributed by atoms with Crippen LogP contribution < -0.4 is 5.32 Å². The first-order chi connectivity index (χ1) is 12.3. The third kappa shape index (κ3) is 2.26. The monoisotopic (exact) mass is 325 g/mol. The van der Waals surface area contributed by atoms with Crippen molar-refractivity contribution in [3.8, 4) is 0 Å². The van der Waals surface area contributed by atoms with Crippen LogP contribution in [-0.4, -0.2) is 15.9 Å². The SMILES string of the molecule is O=C(Nc1ccc2c3c(cccc13)CC2)c1cnc2ccccc2n1. The van der Waals surface area contributed by atoms with Crippen LogP contribution in [0.5, 0.6) is 0 Å². The van der Waals surface area contributed by atoms with Crippen molar-refractivity contribution in [1.82, 2.24) is 9.97 Å². The number of hydrogen-bond donors (Lipinski definition) is 1. The van der Waals surface area contributed by atoms with Crippen molar-refractivity contribution in [1.29, 1.82) is 0 Å². The van der Waals surface area contributed by atoms with Gasteiger partial charge in [-0.2, -0.15) is 0 Å². The molecule has 1 heterocycles. The molecule has 25 heavy (non-hydrogen) atoms. The van der Waals surface area contributed by atoms with E-state index in [-0.39, 0.29) is 5.91 Å². The van der Waals surface area contributed by atoms with Gasteiger partial charge >= 0.3 is 0 Å². The minimum Gasteiger partial charge on any atom is -0.320 e. The molecule has 0 spiro atoms. The van der Waals surface area contributed by atoms with Gasteiger partial charge in [-0.05, 0) is 47.6 Å². The lowest BCUT2D eigenvalue weighted by Gasteiger charge is -2.10. The molecule has 5 rings (SSSR count). The van der Waals surface area contributed by atoms with Gasteiger partial charge in [0, 0.05) is 11.1 Å². The Morgan fingerprint density at radius 3 is 2.56 bits per heavy atom. The number of benzene rings is 3. The number of aromatic nitrogens is 2. The lowest BCUT2D eigenvalue weighted by Crippen LogP contribution is -2.14. The number of amides is 1. The van der Waals surface area contributed by atoms with Crippen LogP contribution in [0.1, 0.15) is 21.6 Å². The molecule has 120 valence electrons. The van der Waals surface area contributed by atoms with Crippen molar-refractivity contribution >= 4 is 33.4 Å². The van der Waals surface area contributed by atoms with E-state index < -0.39 is 0 Å². The zero-order chi connectivity index (χ0) is 16.8. The highest BCUT2D eigenvalue weighted by molar-refractivity contribution is 6.10. The number of carbonyl (C=O) groups excluding carboxylic acids is 1. The van der Waals surface area contributed by atoms with Gasteiger partial charge in [-0.15, -0.1) is 0 Å². The Kier molecular flexibility index (Phi) is 3.04. The molecule has 0 unspecified atom stereocenters. The fraction of sp³-hybridized carbons (Fsp3) is 0.0952. The average Bonchev–Trinajstić information content (AvgIpc) is 3.08. The van der Waals surface area contributed by atoms with Crippen LogP contribution in [0.25, 0.3) is 21.8 Å². The number of rotatable bonds is 2. The van der Waals surface area contributed by atoms with E-state index in [0.717, 1.165) is 34.9 Å². The average molecular weight is 325 g/mol. The molecular weight excluding hydrogens is 310 g/mol. The van der Waals surface area contributed by atoms with Gasteiger partial charge in [-0.1, -0.05) is 36.4 Å². The summed E-state index contributed by atoms with van der Waals surface area (Å²) in [5.74, 6) is -0.239. The maximum atomic E-state index is 12.7. The summed E-state index contributed by atoms with van der Waals surface area (Å²) >= 11 is 0. The van der Waals surface area contributed by atoms with Crippen molar-refractivity contribution in [2.45, 2.75) is 12.8 Å². The van der Waals surface area contributed by atoms with Crippen molar-refractivity contribution < 1.29 is 4.79 Å². The molecular formula is C21H15N3O. The fourth-order valence-corrected chi connectivity index (χ4v) is 3.61. The van der Waals surface area contributed by atoms with Crippen molar-refractivity contribution in [3.05, 3.63) is 77.6 Å². The third-order valence-corrected chi connectivity index (χ3v) is 4.81. The van der Waals surface area contributed by atoms with Crippen molar-refractivity contribution in [2.24, 2.45) is 0 Å².